The van der Waals surface area contributed by atoms with Crippen LogP contribution in [0.2, 0.25) is 0 Å². The van der Waals surface area contributed by atoms with Gasteiger partial charge < -0.3 is 9.64 Å². The minimum Gasteiger partial charge on any atom is -0.487 e. The van der Waals surface area contributed by atoms with Crippen LogP contribution in [0, 0.1) is 5.82 Å². The maximum Gasteiger partial charge on any atom is 0.322 e. The molecule has 0 spiro atoms. The first kappa shape index (κ1) is 19.2. The van der Waals surface area contributed by atoms with Crippen LogP contribution in [0.1, 0.15) is 25.7 Å². The monoisotopic (exact) mass is 403 g/mol. The van der Waals surface area contributed by atoms with Gasteiger partial charge in [0.2, 0.25) is 0 Å². The van der Waals surface area contributed by atoms with Gasteiger partial charge in [-0.3, -0.25) is 10.2 Å². The zero-order valence-corrected chi connectivity index (χ0v) is 16.7. The van der Waals surface area contributed by atoms with E-state index in [9.17, 15) is 9.18 Å². The van der Waals surface area contributed by atoms with Gasteiger partial charge in [-0.05, 0) is 55.3 Å². The number of para-hydroxylation sites is 1. The minimum absolute atomic E-state index is 0.00195. The molecule has 0 atom stereocenters. The number of ether oxygens (including phenoxy) is 1. The number of likely N-dealkylation sites (tertiary alicyclic amines) is 2. The molecule has 1 aromatic heterocycles. The molecule has 3 heterocycles. The smallest absolute Gasteiger partial charge is 0.322 e. The Morgan fingerprint density at radius 3 is 2.46 bits per heavy atom. The second-order valence-electron chi connectivity index (χ2n) is 7.41. The Balaban J connectivity index is 1.21. The van der Waals surface area contributed by atoms with Gasteiger partial charge in [0.1, 0.15) is 6.10 Å². The predicted molar refractivity (Wildman–Crippen MR) is 110 cm³/mol. The van der Waals surface area contributed by atoms with Gasteiger partial charge in [0.25, 0.3) is 0 Å². The Bertz CT molecular complexity index is 770. The summed E-state index contributed by atoms with van der Waals surface area (Å²) in [6.07, 6.45) is 3.89. The van der Waals surface area contributed by atoms with Gasteiger partial charge in [0, 0.05) is 32.2 Å². The van der Waals surface area contributed by atoms with Crippen LogP contribution in [0.15, 0.2) is 41.8 Å². The molecule has 0 radical (unpaired) electrons. The molecule has 4 rings (SSSR count). The van der Waals surface area contributed by atoms with E-state index in [1.807, 2.05) is 22.4 Å². The molecule has 0 unspecified atom stereocenters. The summed E-state index contributed by atoms with van der Waals surface area (Å²) in [5.41, 5.74) is 0. The van der Waals surface area contributed by atoms with Gasteiger partial charge in [0.15, 0.2) is 11.6 Å². The molecule has 7 heteroatoms. The summed E-state index contributed by atoms with van der Waals surface area (Å²) in [6, 6.07) is 11.0. The quantitative estimate of drug-likeness (QED) is 0.822. The number of piperidine rings is 2. The Hall–Kier alpha value is -2.12. The van der Waals surface area contributed by atoms with Crippen molar-refractivity contribution in [2.45, 2.75) is 37.8 Å². The maximum atomic E-state index is 13.8. The number of benzene rings is 1. The summed E-state index contributed by atoms with van der Waals surface area (Å²) in [7, 11) is 0. The topological polar surface area (TPSA) is 44.8 Å². The number of thiophene rings is 1. The number of urea groups is 1. The number of anilines is 1. The number of amides is 2. The Morgan fingerprint density at radius 1 is 1.04 bits per heavy atom. The third kappa shape index (κ3) is 4.64. The average Bonchev–Trinajstić information content (AvgIpc) is 3.23. The first-order chi connectivity index (χ1) is 13.7. The highest BCUT2D eigenvalue weighted by atomic mass is 32.1. The fraction of sp³-hybridized carbons (Fsp3) is 0.476. The van der Waals surface area contributed by atoms with Gasteiger partial charge in [-0.1, -0.05) is 12.1 Å². The van der Waals surface area contributed by atoms with Crippen molar-refractivity contribution >= 4 is 22.4 Å². The van der Waals surface area contributed by atoms with E-state index in [0.717, 1.165) is 56.9 Å². The molecule has 5 nitrogen and oxygen atoms in total. The lowest BCUT2D eigenvalue weighted by Crippen LogP contribution is -2.50. The minimum atomic E-state index is -0.293. The largest absolute Gasteiger partial charge is 0.487 e. The van der Waals surface area contributed by atoms with Crippen molar-refractivity contribution in [1.29, 1.82) is 0 Å². The normalized spacial score (nSPS) is 19.5. The van der Waals surface area contributed by atoms with Crippen LogP contribution in [0.3, 0.4) is 0 Å². The molecule has 0 bridgehead atoms. The lowest BCUT2D eigenvalue weighted by atomic mass is 9.99. The van der Waals surface area contributed by atoms with Crippen molar-refractivity contribution in [2.75, 3.05) is 31.5 Å². The zero-order chi connectivity index (χ0) is 19.3. The van der Waals surface area contributed by atoms with Crippen LogP contribution in [0.25, 0.3) is 0 Å². The number of halogens is 1. The number of carbonyl (C=O) groups excluding carboxylic acids is 1. The summed E-state index contributed by atoms with van der Waals surface area (Å²) in [4.78, 5) is 16.8. The van der Waals surface area contributed by atoms with Crippen molar-refractivity contribution < 1.29 is 13.9 Å². The third-order valence-corrected chi connectivity index (χ3v) is 6.41. The van der Waals surface area contributed by atoms with Crippen LogP contribution in [0.5, 0.6) is 5.75 Å². The molecular formula is C21H26FN3O2S. The molecule has 0 aliphatic carbocycles. The highest BCUT2D eigenvalue weighted by Crippen LogP contribution is 2.25. The molecule has 2 fully saturated rings. The van der Waals surface area contributed by atoms with E-state index in [1.54, 1.807) is 18.2 Å². The van der Waals surface area contributed by atoms with E-state index in [1.165, 1.54) is 17.4 Å². The van der Waals surface area contributed by atoms with Crippen LogP contribution in [-0.2, 0) is 0 Å². The second kappa shape index (κ2) is 8.92. The molecule has 2 amide bonds. The van der Waals surface area contributed by atoms with Crippen molar-refractivity contribution in [3.63, 3.8) is 0 Å². The number of hydrogen-bond acceptors (Lipinski definition) is 4. The molecule has 2 aromatic rings. The van der Waals surface area contributed by atoms with Gasteiger partial charge in [0.05, 0.1) is 5.00 Å². The van der Waals surface area contributed by atoms with E-state index in [4.69, 9.17) is 4.74 Å². The van der Waals surface area contributed by atoms with E-state index in [2.05, 4.69) is 10.2 Å². The number of rotatable bonds is 4. The summed E-state index contributed by atoms with van der Waals surface area (Å²) in [5, 5.41) is 5.82. The van der Waals surface area contributed by atoms with Gasteiger partial charge in [-0.25, -0.2) is 9.18 Å². The highest BCUT2D eigenvalue weighted by molar-refractivity contribution is 7.14. The van der Waals surface area contributed by atoms with E-state index < -0.39 is 0 Å². The summed E-state index contributed by atoms with van der Waals surface area (Å²) in [5.74, 6) is 0.0594. The van der Waals surface area contributed by atoms with Gasteiger partial charge >= 0.3 is 6.03 Å². The first-order valence-corrected chi connectivity index (χ1v) is 10.8. The SMILES string of the molecule is O=C(Nc1cccs1)N1CCC(N2CCC(Oc3ccccc3F)CC2)CC1. The van der Waals surface area contributed by atoms with Crippen molar-refractivity contribution in [1.82, 2.24) is 9.80 Å². The predicted octanol–water partition coefficient (Wildman–Crippen LogP) is 4.43. The number of carbonyl (C=O) groups is 1. The molecular weight excluding hydrogens is 377 g/mol. The molecule has 150 valence electrons. The second-order valence-corrected chi connectivity index (χ2v) is 8.36. The van der Waals surface area contributed by atoms with Crippen LogP contribution in [-0.4, -0.2) is 54.2 Å². The van der Waals surface area contributed by atoms with Crippen molar-refractivity contribution in [3.8, 4) is 5.75 Å². The van der Waals surface area contributed by atoms with Crippen LogP contribution in [0.4, 0.5) is 14.2 Å². The standard InChI is InChI=1S/C21H26FN3O2S/c22-18-4-1-2-5-19(18)27-17-9-13-24(14-10-17)16-7-11-25(12-8-16)21(26)23-20-6-3-15-28-20/h1-6,15-17H,7-14H2,(H,23,26). The number of hydrogen-bond donors (Lipinski definition) is 1. The van der Waals surface area contributed by atoms with E-state index in [0.29, 0.717) is 11.8 Å². The third-order valence-electron chi connectivity index (χ3n) is 5.63. The Labute approximate surface area is 169 Å². The van der Waals surface area contributed by atoms with E-state index >= 15 is 0 Å². The summed E-state index contributed by atoms with van der Waals surface area (Å²) >= 11 is 1.54. The molecule has 1 N–H and O–H groups in total. The molecule has 2 saturated heterocycles. The molecule has 1 aromatic carbocycles. The lowest BCUT2D eigenvalue weighted by Gasteiger charge is -2.41. The summed E-state index contributed by atoms with van der Waals surface area (Å²) in [6.45, 7) is 3.50. The first-order valence-electron chi connectivity index (χ1n) is 9.94. The fourth-order valence-corrected chi connectivity index (χ4v) is 4.65. The summed E-state index contributed by atoms with van der Waals surface area (Å²) < 4.78 is 19.6. The van der Waals surface area contributed by atoms with Gasteiger partial charge in [-0.2, -0.15) is 0 Å². The molecule has 2 aliphatic heterocycles. The average molecular weight is 404 g/mol. The lowest BCUT2D eigenvalue weighted by molar-refractivity contribution is 0.0529. The maximum absolute atomic E-state index is 13.8. The number of nitrogens with one attached hydrogen (secondary N) is 1. The highest BCUT2D eigenvalue weighted by Gasteiger charge is 2.30. The van der Waals surface area contributed by atoms with Gasteiger partial charge in [-0.15, -0.1) is 11.3 Å². The molecule has 2 aliphatic rings. The Kier molecular flexibility index (Phi) is 6.12. The zero-order valence-electron chi connectivity index (χ0n) is 15.9. The van der Waals surface area contributed by atoms with Crippen molar-refractivity contribution in [2.24, 2.45) is 0 Å². The molecule has 0 saturated carbocycles. The van der Waals surface area contributed by atoms with Crippen LogP contribution >= 0.6 is 11.3 Å². The van der Waals surface area contributed by atoms with E-state index in [-0.39, 0.29) is 18.0 Å². The molecule has 28 heavy (non-hydrogen) atoms. The fourth-order valence-electron chi connectivity index (χ4n) is 4.05. The van der Waals surface area contributed by atoms with Crippen LogP contribution < -0.4 is 10.1 Å². The Morgan fingerprint density at radius 2 is 1.79 bits per heavy atom. The van der Waals surface area contributed by atoms with Crippen molar-refractivity contribution in [3.05, 3.63) is 47.6 Å². The number of nitrogens with zero attached hydrogens (tertiary/aromatic N) is 2.